The van der Waals surface area contributed by atoms with Crippen molar-refractivity contribution in [1.82, 2.24) is 15.2 Å². The number of amides is 2. The Kier molecular flexibility index (Phi) is 5.48. The van der Waals surface area contributed by atoms with Gasteiger partial charge in [0, 0.05) is 54.9 Å². The largest absolute Gasteiger partial charge is 0.480 e. The van der Waals surface area contributed by atoms with Crippen molar-refractivity contribution in [2.24, 2.45) is 11.8 Å². The van der Waals surface area contributed by atoms with E-state index in [9.17, 15) is 19.5 Å². The topological polar surface area (TPSA) is 106 Å². The number of likely N-dealkylation sites (tertiary alicyclic amines) is 1. The molecule has 4 atom stereocenters. The maximum absolute atomic E-state index is 13.9. The lowest BCUT2D eigenvalue weighted by Crippen LogP contribution is -2.58. The summed E-state index contributed by atoms with van der Waals surface area (Å²) in [5, 5.41) is 14.9. The van der Waals surface area contributed by atoms with Gasteiger partial charge in [-0.1, -0.05) is 30.3 Å². The normalized spacial score (nSPS) is 26.0. The number of aliphatic carboxylic acids is 1. The summed E-state index contributed by atoms with van der Waals surface area (Å²) >= 11 is 0. The van der Waals surface area contributed by atoms with E-state index in [4.69, 9.17) is 0 Å². The number of nitrogens with zero attached hydrogens (tertiary/aromatic N) is 2. The summed E-state index contributed by atoms with van der Waals surface area (Å²) in [6, 6.07) is 14.8. The molecule has 0 saturated carbocycles. The van der Waals surface area contributed by atoms with Gasteiger partial charge in [-0.25, -0.2) is 0 Å². The number of nitrogens with one attached hydrogen (secondary N) is 2. The van der Waals surface area contributed by atoms with Gasteiger partial charge in [-0.15, -0.1) is 0 Å². The molecule has 0 bridgehead atoms. The molecule has 0 radical (unpaired) electrons. The number of carbonyl (C=O) groups is 3. The fourth-order valence-electron chi connectivity index (χ4n) is 5.94. The number of anilines is 1. The van der Waals surface area contributed by atoms with Gasteiger partial charge in [0.1, 0.15) is 5.54 Å². The highest BCUT2D eigenvalue weighted by molar-refractivity contribution is 6.10. The second-order valence-electron chi connectivity index (χ2n) is 11.1. The highest BCUT2D eigenvalue weighted by Gasteiger charge is 2.69. The number of carboxylic acids is 1. The quantitative estimate of drug-likeness (QED) is 0.476. The van der Waals surface area contributed by atoms with Crippen molar-refractivity contribution < 1.29 is 19.5 Å². The molecule has 8 heteroatoms. The van der Waals surface area contributed by atoms with Crippen LogP contribution in [0.5, 0.6) is 0 Å². The average Bonchev–Trinajstić information content (AvgIpc) is 3.46. The van der Waals surface area contributed by atoms with Gasteiger partial charge in [0.2, 0.25) is 11.8 Å². The Hall–Kier alpha value is -3.65. The SMILES string of the molecule is CN(C)c1ccc(C2NC(Cc3c[nH]c4ccccc34)(C(=O)O)C3C(=O)N(C(C)(C)C)C(=O)C23)cc1. The van der Waals surface area contributed by atoms with Crippen molar-refractivity contribution in [3.05, 3.63) is 65.9 Å². The van der Waals surface area contributed by atoms with Gasteiger partial charge >= 0.3 is 5.97 Å². The van der Waals surface area contributed by atoms with Crippen LogP contribution in [0.2, 0.25) is 0 Å². The summed E-state index contributed by atoms with van der Waals surface area (Å²) in [4.78, 5) is 47.2. The molecule has 1 aromatic heterocycles. The molecule has 3 heterocycles. The molecule has 36 heavy (non-hydrogen) atoms. The molecule has 2 saturated heterocycles. The van der Waals surface area contributed by atoms with Gasteiger partial charge in [0.25, 0.3) is 0 Å². The zero-order valence-corrected chi connectivity index (χ0v) is 21.2. The van der Waals surface area contributed by atoms with Crippen molar-refractivity contribution in [2.75, 3.05) is 19.0 Å². The number of imide groups is 1. The Morgan fingerprint density at radius 3 is 2.33 bits per heavy atom. The van der Waals surface area contributed by atoms with E-state index in [-0.39, 0.29) is 12.3 Å². The standard InChI is InChI=1S/C28H32N4O4/c1-27(2,3)32-24(33)21-22(25(32)34)28(26(35)36,14-17-15-29-20-9-7-6-8-19(17)20)30-23(21)16-10-12-18(13-11-16)31(4)5/h6-13,15,21-23,29-30H,14H2,1-5H3,(H,35,36). The molecule has 188 valence electrons. The van der Waals surface area contributed by atoms with E-state index in [2.05, 4.69) is 10.3 Å². The van der Waals surface area contributed by atoms with E-state index in [1.807, 2.05) is 67.5 Å². The zero-order valence-electron chi connectivity index (χ0n) is 21.2. The van der Waals surface area contributed by atoms with Crippen LogP contribution >= 0.6 is 0 Å². The molecule has 3 aromatic rings. The van der Waals surface area contributed by atoms with E-state index >= 15 is 0 Å². The minimum absolute atomic E-state index is 0.0663. The van der Waals surface area contributed by atoms with E-state index in [1.165, 1.54) is 4.90 Å². The number of hydrogen-bond donors (Lipinski definition) is 3. The lowest BCUT2D eigenvalue weighted by atomic mass is 9.76. The minimum Gasteiger partial charge on any atom is -0.480 e. The van der Waals surface area contributed by atoms with Crippen LogP contribution in [0.25, 0.3) is 10.9 Å². The fourth-order valence-corrected chi connectivity index (χ4v) is 5.94. The Balaban J connectivity index is 1.65. The number of rotatable bonds is 5. The maximum atomic E-state index is 13.9. The van der Waals surface area contributed by atoms with Crippen LogP contribution in [0.15, 0.2) is 54.7 Å². The van der Waals surface area contributed by atoms with E-state index in [0.29, 0.717) is 0 Å². The third kappa shape index (κ3) is 3.51. The third-order valence-electron chi connectivity index (χ3n) is 7.62. The van der Waals surface area contributed by atoms with Gasteiger partial charge in [-0.3, -0.25) is 24.6 Å². The smallest absolute Gasteiger partial charge is 0.325 e. The number of para-hydroxylation sites is 1. The predicted molar refractivity (Wildman–Crippen MR) is 138 cm³/mol. The summed E-state index contributed by atoms with van der Waals surface area (Å²) in [6.45, 7) is 5.42. The van der Waals surface area contributed by atoms with Crippen LogP contribution in [0.3, 0.4) is 0 Å². The molecule has 3 N–H and O–H groups in total. The van der Waals surface area contributed by atoms with Gasteiger partial charge in [0.05, 0.1) is 11.8 Å². The molecule has 0 aliphatic carbocycles. The summed E-state index contributed by atoms with van der Waals surface area (Å²) in [6.07, 6.45) is 1.87. The number of H-pyrrole nitrogens is 1. The number of fused-ring (bicyclic) bond motifs is 2. The van der Waals surface area contributed by atoms with Crippen molar-refractivity contribution >= 4 is 34.4 Å². The second-order valence-corrected chi connectivity index (χ2v) is 11.1. The first-order chi connectivity index (χ1) is 17.0. The molecule has 2 amide bonds. The highest BCUT2D eigenvalue weighted by atomic mass is 16.4. The number of aromatic nitrogens is 1. The fraction of sp³-hybridized carbons (Fsp3) is 0.393. The molecule has 2 aliphatic heterocycles. The first-order valence-corrected chi connectivity index (χ1v) is 12.2. The number of benzene rings is 2. The molecule has 0 spiro atoms. The average molecular weight is 489 g/mol. The van der Waals surface area contributed by atoms with Crippen LogP contribution in [0.4, 0.5) is 5.69 Å². The van der Waals surface area contributed by atoms with Crippen LogP contribution < -0.4 is 10.2 Å². The first-order valence-electron chi connectivity index (χ1n) is 12.2. The van der Waals surface area contributed by atoms with Crippen molar-refractivity contribution in [2.45, 2.75) is 44.3 Å². The zero-order chi connectivity index (χ0) is 26.0. The highest BCUT2D eigenvalue weighted by Crippen LogP contribution is 2.51. The molecule has 2 fully saturated rings. The van der Waals surface area contributed by atoms with Crippen LogP contribution in [-0.4, -0.2) is 57.9 Å². The predicted octanol–water partition coefficient (Wildman–Crippen LogP) is 3.34. The van der Waals surface area contributed by atoms with Crippen LogP contribution in [0, 0.1) is 11.8 Å². The molecule has 2 aromatic carbocycles. The van der Waals surface area contributed by atoms with E-state index < -0.39 is 40.8 Å². The number of carbonyl (C=O) groups excluding carboxylic acids is 2. The second kappa shape index (κ2) is 8.20. The summed E-state index contributed by atoms with van der Waals surface area (Å²) in [5.74, 6) is -3.74. The van der Waals surface area contributed by atoms with E-state index in [1.54, 1.807) is 27.0 Å². The van der Waals surface area contributed by atoms with Crippen molar-refractivity contribution in [1.29, 1.82) is 0 Å². The Bertz CT molecular complexity index is 1350. The van der Waals surface area contributed by atoms with Crippen molar-refractivity contribution in [3.8, 4) is 0 Å². The van der Waals surface area contributed by atoms with Gasteiger partial charge < -0.3 is 15.0 Å². The summed E-state index contributed by atoms with van der Waals surface area (Å²) < 4.78 is 0. The lowest BCUT2D eigenvalue weighted by molar-refractivity contribution is -0.153. The molecular weight excluding hydrogens is 456 g/mol. The Morgan fingerprint density at radius 1 is 1.06 bits per heavy atom. The molecule has 4 unspecified atom stereocenters. The van der Waals surface area contributed by atoms with Gasteiger partial charge in [-0.05, 0) is 50.1 Å². The Morgan fingerprint density at radius 2 is 1.72 bits per heavy atom. The molecular formula is C28H32N4O4. The number of aromatic amines is 1. The Labute approximate surface area is 210 Å². The third-order valence-corrected chi connectivity index (χ3v) is 7.62. The van der Waals surface area contributed by atoms with Crippen LogP contribution in [-0.2, 0) is 20.8 Å². The summed E-state index contributed by atoms with van der Waals surface area (Å²) in [7, 11) is 3.88. The molecule has 5 rings (SSSR count). The lowest BCUT2D eigenvalue weighted by Gasteiger charge is -2.35. The minimum atomic E-state index is -1.65. The monoisotopic (exact) mass is 488 g/mol. The number of hydrogen-bond acceptors (Lipinski definition) is 5. The first kappa shape index (κ1) is 24.1. The van der Waals surface area contributed by atoms with Gasteiger partial charge in [-0.2, -0.15) is 0 Å². The van der Waals surface area contributed by atoms with E-state index in [0.717, 1.165) is 27.7 Å². The van der Waals surface area contributed by atoms with Crippen molar-refractivity contribution in [3.63, 3.8) is 0 Å². The maximum Gasteiger partial charge on any atom is 0.325 e. The molecule has 8 nitrogen and oxygen atoms in total. The summed E-state index contributed by atoms with van der Waals surface area (Å²) in [5.41, 5.74) is 1.05. The number of carboxylic acid groups (broad SMARTS) is 1. The molecule has 2 aliphatic rings. The van der Waals surface area contributed by atoms with Crippen LogP contribution in [0.1, 0.15) is 37.9 Å². The van der Waals surface area contributed by atoms with Gasteiger partial charge in [0.15, 0.2) is 0 Å².